The van der Waals surface area contributed by atoms with Gasteiger partial charge < -0.3 is 19.4 Å². The average molecular weight is 341 g/mol. The fourth-order valence-corrected chi connectivity index (χ4v) is 3.51. The molecule has 0 bridgehead atoms. The third-order valence-electron chi connectivity index (χ3n) is 4.92. The van der Waals surface area contributed by atoms with Crippen molar-refractivity contribution in [1.82, 2.24) is 14.9 Å². The highest BCUT2D eigenvalue weighted by molar-refractivity contribution is 5.83. The van der Waals surface area contributed by atoms with Crippen molar-refractivity contribution in [2.75, 3.05) is 13.2 Å². The molecule has 132 valence electrons. The maximum absolute atomic E-state index is 12.7. The molecule has 0 radical (unpaired) electrons. The molecule has 1 aromatic heterocycles. The van der Waals surface area contributed by atoms with Gasteiger partial charge in [0.2, 0.25) is 5.91 Å². The molecule has 2 aliphatic heterocycles. The van der Waals surface area contributed by atoms with E-state index in [2.05, 4.69) is 21.1 Å². The molecule has 25 heavy (non-hydrogen) atoms. The Labute approximate surface area is 147 Å². The lowest BCUT2D eigenvalue weighted by Gasteiger charge is -2.26. The number of hydrogen-bond donors (Lipinski definition) is 1. The number of ether oxygens (including phenoxy) is 2. The highest BCUT2D eigenvalue weighted by atomic mass is 16.6. The topological polar surface area (TPSA) is 65.4 Å². The summed E-state index contributed by atoms with van der Waals surface area (Å²) < 4.78 is 13.3. The Morgan fingerprint density at radius 3 is 2.96 bits per heavy atom. The van der Waals surface area contributed by atoms with Gasteiger partial charge in [0.15, 0.2) is 11.5 Å². The molecule has 2 aromatic rings. The summed E-state index contributed by atoms with van der Waals surface area (Å²) >= 11 is 0. The van der Waals surface area contributed by atoms with Gasteiger partial charge in [0, 0.05) is 25.2 Å². The molecular formula is C19H23N3O3. The van der Waals surface area contributed by atoms with Crippen LogP contribution < -0.4 is 14.8 Å². The monoisotopic (exact) mass is 341 g/mol. The van der Waals surface area contributed by atoms with Gasteiger partial charge in [0.25, 0.3) is 0 Å². The van der Waals surface area contributed by atoms with Gasteiger partial charge in [-0.2, -0.15) is 0 Å². The van der Waals surface area contributed by atoms with Crippen LogP contribution in [0.5, 0.6) is 11.5 Å². The van der Waals surface area contributed by atoms with E-state index in [4.69, 9.17) is 9.47 Å². The van der Waals surface area contributed by atoms with Gasteiger partial charge in [0.05, 0.1) is 11.6 Å². The number of hydrogen-bond acceptors (Lipinski definition) is 4. The summed E-state index contributed by atoms with van der Waals surface area (Å²) in [5, 5.41) is 3.19. The molecule has 1 amide bonds. The van der Waals surface area contributed by atoms with E-state index in [0.29, 0.717) is 13.2 Å². The molecule has 0 saturated heterocycles. The Balaban J connectivity index is 1.42. The first-order valence-electron chi connectivity index (χ1n) is 8.83. The highest BCUT2D eigenvalue weighted by Gasteiger charge is 2.25. The summed E-state index contributed by atoms with van der Waals surface area (Å²) in [5.74, 6) is 2.39. The Morgan fingerprint density at radius 2 is 2.12 bits per heavy atom. The predicted molar refractivity (Wildman–Crippen MR) is 93.1 cm³/mol. The van der Waals surface area contributed by atoms with Crippen LogP contribution in [0, 0.1) is 6.92 Å². The van der Waals surface area contributed by atoms with Crippen molar-refractivity contribution in [2.45, 2.75) is 45.2 Å². The number of benzene rings is 1. The molecule has 0 unspecified atom stereocenters. The van der Waals surface area contributed by atoms with Crippen molar-refractivity contribution in [3.63, 3.8) is 0 Å². The molecule has 0 fully saturated rings. The van der Waals surface area contributed by atoms with Crippen molar-refractivity contribution in [3.8, 4) is 11.5 Å². The van der Waals surface area contributed by atoms with E-state index in [-0.39, 0.29) is 17.9 Å². The van der Waals surface area contributed by atoms with Crippen LogP contribution in [-0.2, 0) is 17.8 Å². The van der Waals surface area contributed by atoms with Crippen molar-refractivity contribution >= 4 is 5.91 Å². The molecule has 4 rings (SSSR count). The fraction of sp³-hybridized carbons (Fsp3) is 0.474. The molecule has 0 spiro atoms. The first kappa shape index (κ1) is 16.0. The van der Waals surface area contributed by atoms with Crippen LogP contribution in [0.25, 0.3) is 0 Å². The summed E-state index contributed by atoms with van der Waals surface area (Å²) in [4.78, 5) is 17.2. The number of aromatic nitrogens is 2. The molecule has 1 aromatic carbocycles. The maximum Gasteiger partial charge on any atom is 0.227 e. The Morgan fingerprint density at radius 1 is 1.32 bits per heavy atom. The summed E-state index contributed by atoms with van der Waals surface area (Å²) in [7, 11) is 0. The van der Waals surface area contributed by atoms with E-state index in [0.717, 1.165) is 48.0 Å². The molecule has 0 aliphatic carbocycles. The minimum Gasteiger partial charge on any atom is -0.486 e. The van der Waals surface area contributed by atoms with Gasteiger partial charge in [0.1, 0.15) is 19.0 Å². The fourth-order valence-electron chi connectivity index (χ4n) is 3.51. The lowest BCUT2D eigenvalue weighted by Crippen LogP contribution is -2.42. The second-order valence-corrected chi connectivity index (χ2v) is 6.82. The number of rotatable bonds is 3. The summed E-state index contributed by atoms with van der Waals surface area (Å²) in [6.45, 7) is 5.83. The van der Waals surface area contributed by atoms with Gasteiger partial charge in [-0.3, -0.25) is 4.79 Å². The molecule has 6 heteroatoms. The number of amides is 1. The summed E-state index contributed by atoms with van der Waals surface area (Å²) in [6, 6.07) is 5.88. The normalized spacial score (nSPS) is 19.8. The third kappa shape index (κ3) is 3.21. The number of fused-ring (bicyclic) bond motifs is 2. The van der Waals surface area contributed by atoms with E-state index >= 15 is 0 Å². The number of nitrogens with one attached hydrogen (secondary N) is 1. The summed E-state index contributed by atoms with van der Waals surface area (Å²) in [5.41, 5.74) is 1.98. The Bertz CT molecular complexity index is 799. The number of carbonyl (C=O) groups is 1. The molecule has 2 aliphatic rings. The Kier molecular flexibility index (Phi) is 4.11. The molecular weight excluding hydrogens is 318 g/mol. The zero-order valence-corrected chi connectivity index (χ0v) is 14.6. The standard InChI is InChI=1S/C19H23N3O3/c1-12-10-22-11-15(4-6-18(22)20-12)21-19(23)13(2)14-3-5-16-17(9-14)25-8-7-24-16/h3,5,9-10,13,15H,4,6-8,11H2,1-2H3,(H,21,23)/t13-,15+/m1/s1. The largest absolute Gasteiger partial charge is 0.486 e. The van der Waals surface area contributed by atoms with Gasteiger partial charge in [-0.1, -0.05) is 6.07 Å². The molecule has 2 atom stereocenters. The number of carbonyl (C=O) groups excluding carboxylic acids is 1. The van der Waals surface area contributed by atoms with Gasteiger partial charge >= 0.3 is 0 Å². The second-order valence-electron chi connectivity index (χ2n) is 6.82. The molecule has 1 N–H and O–H groups in total. The quantitative estimate of drug-likeness (QED) is 0.929. The van der Waals surface area contributed by atoms with E-state index in [1.807, 2.05) is 32.0 Å². The van der Waals surface area contributed by atoms with Crippen LogP contribution in [0.4, 0.5) is 0 Å². The van der Waals surface area contributed by atoms with Crippen LogP contribution >= 0.6 is 0 Å². The van der Waals surface area contributed by atoms with Crippen LogP contribution in [0.1, 0.15) is 36.3 Å². The smallest absolute Gasteiger partial charge is 0.227 e. The number of imidazole rings is 1. The van der Waals surface area contributed by atoms with E-state index in [1.165, 1.54) is 0 Å². The SMILES string of the molecule is Cc1cn2c(n1)CC[C@H](NC(=O)[C@H](C)c1ccc3c(c1)OCCO3)C2. The first-order valence-corrected chi connectivity index (χ1v) is 8.83. The van der Waals surface area contributed by atoms with E-state index in [9.17, 15) is 4.79 Å². The predicted octanol–water partition coefficient (Wildman–Crippen LogP) is 2.20. The zero-order chi connectivity index (χ0) is 17.4. The lowest BCUT2D eigenvalue weighted by molar-refractivity contribution is -0.123. The second kappa shape index (κ2) is 6.43. The minimum absolute atomic E-state index is 0.0435. The van der Waals surface area contributed by atoms with Crippen LogP contribution in [-0.4, -0.2) is 34.7 Å². The van der Waals surface area contributed by atoms with Crippen LogP contribution in [0.3, 0.4) is 0 Å². The van der Waals surface area contributed by atoms with Crippen molar-refractivity contribution < 1.29 is 14.3 Å². The third-order valence-corrected chi connectivity index (χ3v) is 4.92. The lowest BCUT2D eigenvalue weighted by atomic mass is 9.98. The number of aryl methyl sites for hydroxylation is 2. The van der Waals surface area contributed by atoms with Crippen molar-refractivity contribution in [1.29, 1.82) is 0 Å². The number of nitrogens with zero attached hydrogens (tertiary/aromatic N) is 2. The molecule has 3 heterocycles. The van der Waals surface area contributed by atoms with E-state index in [1.54, 1.807) is 0 Å². The summed E-state index contributed by atoms with van der Waals surface area (Å²) in [6.07, 6.45) is 3.88. The van der Waals surface area contributed by atoms with Crippen LogP contribution in [0.15, 0.2) is 24.4 Å². The molecule has 0 saturated carbocycles. The maximum atomic E-state index is 12.7. The average Bonchev–Trinajstić information content (AvgIpc) is 3.00. The van der Waals surface area contributed by atoms with E-state index < -0.39 is 0 Å². The Hall–Kier alpha value is -2.50. The van der Waals surface area contributed by atoms with Gasteiger partial charge in [-0.05, 0) is 38.0 Å². The molecule has 6 nitrogen and oxygen atoms in total. The van der Waals surface area contributed by atoms with Crippen molar-refractivity contribution in [3.05, 3.63) is 41.5 Å². The van der Waals surface area contributed by atoms with Gasteiger partial charge in [-0.15, -0.1) is 0 Å². The van der Waals surface area contributed by atoms with Crippen molar-refractivity contribution in [2.24, 2.45) is 0 Å². The first-order chi connectivity index (χ1) is 12.1. The zero-order valence-electron chi connectivity index (χ0n) is 14.6. The van der Waals surface area contributed by atoms with Gasteiger partial charge in [-0.25, -0.2) is 4.98 Å². The van der Waals surface area contributed by atoms with Crippen LogP contribution in [0.2, 0.25) is 0 Å². The highest BCUT2D eigenvalue weighted by Crippen LogP contribution is 2.33. The minimum atomic E-state index is -0.234.